The highest BCUT2D eigenvalue weighted by Crippen LogP contribution is 2.31. The average molecular weight is 261 g/mol. The Balaban J connectivity index is 1.95. The van der Waals surface area contributed by atoms with E-state index >= 15 is 0 Å². The Morgan fingerprint density at radius 1 is 1.22 bits per heavy atom. The van der Waals surface area contributed by atoms with E-state index in [1.54, 1.807) is 6.20 Å². The summed E-state index contributed by atoms with van der Waals surface area (Å²) in [6.07, 6.45) is 4.07. The SMILES string of the molecule is Nc1nc(NC2CC2)ncc1-c1ccccc1Cl. The number of hydrogen-bond donors (Lipinski definition) is 2. The Morgan fingerprint density at radius 3 is 2.67 bits per heavy atom. The van der Waals surface area contributed by atoms with Crippen molar-refractivity contribution >= 4 is 23.4 Å². The molecule has 1 aromatic carbocycles. The molecule has 1 saturated carbocycles. The van der Waals surface area contributed by atoms with Gasteiger partial charge in [-0.15, -0.1) is 0 Å². The van der Waals surface area contributed by atoms with Gasteiger partial charge in [-0.1, -0.05) is 29.8 Å². The van der Waals surface area contributed by atoms with Crippen molar-refractivity contribution in [3.8, 4) is 11.1 Å². The van der Waals surface area contributed by atoms with Gasteiger partial charge in [-0.05, 0) is 18.9 Å². The number of aromatic nitrogens is 2. The third-order valence-electron chi connectivity index (χ3n) is 2.89. The zero-order valence-electron chi connectivity index (χ0n) is 9.73. The Morgan fingerprint density at radius 2 is 2.00 bits per heavy atom. The first-order chi connectivity index (χ1) is 8.74. The standard InChI is InChI=1S/C13H13ClN4/c14-11-4-2-1-3-9(11)10-7-16-13(18-12(10)15)17-8-5-6-8/h1-4,7-8H,5-6H2,(H3,15,16,17,18). The average Bonchev–Trinajstić information content (AvgIpc) is 3.15. The molecule has 0 unspecified atom stereocenters. The Bertz CT molecular complexity index is 581. The van der Waals surface area contributed by atoms with Crippen LogP contribution in [0.25, 0.3) is 11.1 Å². The van der Waals surface area contributed by atoms with Gasteiger partial charge in [0, 0.05) is 28.4 Å². The maximum atomic E-state index is 6.14. The minimum Gasteiger partial charge on any atom is -0.383 e. The first-order valence-electron chi connectivity index (χ1n) is 5.88. The van der Waals surface area contributed by atoms with Crippen LogP contribution in [0, 0.1) is 0 Å². The molecule has 92 valence electrons. The molecule has 1 aliphatic carbocycles. The van der Waals surface area contributed by atoms with Crippen LogP contribution in [0.2, 0.25) is 5.02 Å². The van der Waals surface area contributed by atoms with Gasteiger partial charge in [0.15, 0.2) is 0 Å². The minimum absolute atomic E-state index is 0.446. The highest BCUT2D eigenvalue weighted by molar-refractivity contribution is 6.33. The molecule has 0 aliphatic heterocycles. The second-order valence-electron chi connectivity index (χ2n) is 4.39. The molecule has 0 atom stereocenters. The van der Waals surface area contributed by atoms with Crippen molar-refractivity contribution in [2.75, 3.05) is 11.1 Å². The molecule has 18 heavy (non-hydrogen) atoms. The highest BCUT2D eigenvalue weighted by atomic mass is 35.5. The lowest BCUT2D eigenvalue weighted by Crippen LogP contribution is -2.07. The molecular weight excluding hydrogens is 248 g/mol. The predicted octanol–water partition coefficient (Wildman–Crippen LogP) is 2.95. The van der Waals surface area contributed by atoms with Crippen molar-refractivity contribution in [3.05, 3.63) is 35.5 Å². The largest absolute Gasteiger partial charge is 0.383 e. The molecule has 0 saturated heterocycles. The Labute approximate surface area is 110 Å². The van der Waals surface area contributed by atoms with E-state index in [1.807, 2.05) is 24.3 Å². The first kappa shape index (κ1) is 11.3. The van der Waals surface area contributed by atoms with Gasteiger partial charge in [0.25, 0.3) is 0 Å². The number of nitrogen functional groups attached to an aromatic ring is 1. The Hall–Kier alpha value is -1.81. The summed E-state index contributed by atoms with van der Waals surface area (Å²) in [6.45, 7) is 0. The number of benzene rings is 1. The van der Waals surface area contributed by atoms with Crippen LogP contribution in [0.15, 0.2) is 30.5 Å². The van der Waals surface area contributed by atoms with Crippen LogP contribution in [0.4, 0.5) is 11.8 Å². The maximum Gasteiger partial charge on any atom is 0.224 e. The monoisotopic (exact) mass is 260 g/mol. The van der Waals surface area contributed by atoms with E-state index in [0.29, 0.717) is 22.8 Å². The fraction of sp³-hybridized carbons (Fsp3) is 0.231. The van der Waals surface area contributed by atoms with Gasteiger partial charge in [-0.3, -0.25) is 0 Å². The molecular formula is C13H13ClN4. The molecule has 3 N–H and O–H groups in total. The second kappa shape index (κ2) is 4.46. The van der Waals surface area contributed by atoms with Crippen LogP contribution in [0.1, 0.15) is 12.8 Å². The van der Waals surface area contributed by atoms with Crippen molar-refractivity contribution in [1.82, 2.24) is 9.97 Å². The predicted molar refractivity (Wildman–Crippen MR) is 73.5 cm³/mol. The summed E-state index contributed by atoms with van der Waals surface area (Å²) >= 11 is 6.14. The number of anilines is 2. The number of nitrogens with zero attached hydrogens (tertiary/aromatic N) is 2. The smallest absolute Gasteiger partial charge is 0.224 e. The van der Waals surface area contributed by atoms with Crippen molar-refractivity contribution in [1.29, 1.82) is 0 Å². The van der Waals surface area contributed by atoms with Crippen LogP contribution in [0.3, 0.4) is 0 Å². The molecule has 2 aromatic rings. The van der Waals surface area contributed by atoms with E-state index in [0.717, 1.165) is 11.1 Å². The lowest BCUT2D eigenvalue weighted by molar-refractivity contribution is 1.06. The van der Waals surface area contributed by atoms with E-state index in [9.17, 15) is 0 Å². The van der Waals surface area contributed by atoms with Crippen LogP contribution in [-0.2, 0) is 0 Å². The van der Waals surface area contributed by atoms with Gasteiger partial charge in [0.05, 0.1) is 0 Å². The van der Waals surface area contributed by atoms with Crippen LogP contribution < -0.4 is 11.1 Å². The highest BCUT2D eigenvalue weighted by Gasteiger charge is 2.22. The van der Waals surface area contributed by atoms with Gasteiger partial charge >= 0.3 is 0 Å². The van der Waals surface area contributed by atoms with E-state index in [-0.39, 0.29) is 0 Å². The number of hydrogen-bond acceptors (Lipinski definition) is 4. The second-order valence-corrected chi connectivity index (χ2v) is 4.80. The van der Waals surface area contributed by atoms with Crippen LogP contribution >= 0.6 is 11.6 Å². The molecule has 5 heteroatoms. The van der Waals surface area contributed by atoms with Gasteiger partial charge in [-0.2, -0.15) is 4.98 Å². The molecule has 0 amide bonds. The molecule has 4 nitrogen and oxygen atoms in total. The summed E-state index contributed by atoms with van der Waals surface area (Å²) < 4.78 is 0. The number of nitrogens with one attached hydrogen (secondary N) is 1. The van der Waals surface area contributed by atoms with Gasteiger partial charge in [0.2, 0.25) is 5.95 Å². The van der Waals surface area contributed by atoms with E-state index in [2.05, 4.69) is 15.3 Å². The zero-order valence-corrected chi connectivity index (χ0v) is 10.5. The van der Waals surface area contributed by atoms with Crippen molar-refractivity contribution in [2.24, 2.45) is 0 Å². The molecule has 3 rings (SSSR count). The lowest BCUT2D eigenvalue weighted by Gasteiger charge is -2.09. The fourth-order valence-corrected chi connectivity index (χ4v) is 2.00. The van der Waals surface area contributed by atoms with Crippen LogP contribution in [-0.4, -0.2) is 16.0 Å². The molecule has 0 bridgehead atoms. The lowest BCUT2D eigenvalue weighted by atomic mass is 10.1. The summed E-state index contributed by atoms with van der Waals surface area (Å²) in [4.78, 5) is 8.54. The van der Waals surface area contributed by atoms with E-state index < -0.39 is 0 Å². The molecule has 1 heterocycles. The van der Waals surface area contributed by atoms with Crippen molar-refractivity contribution in [3.63, 3.8) is 0 Å². The zero-order chi connectivity index (χ0) is 12.5. The summed E-state index contributed by atoms with van der Waals surface area (Å²) in [6, 6.07) is 8.04. The molecule has 1 fully saturated rings. The normalized spacial score (nSPS) is 14.5. The van der Waals surface area contributed by atoms with E-state index in [1.165, 1.54) is 12.8 Å². The maximum absolute atomic E-state index is 6.14. The number of halogens is 1. The third kappa shape index (κ3) is 2.24. The number of nitrogens with two attached hydrogens (primary N) is 1. The summed E-state index contributed by atoms with van der Waals surface area (Å²) in [5, 5.41) is 3.86. The Kier molecular flexibility index (Phi) is 2.80. The van der Waals surface area contributed by atoms with Gasteiger partial charge in [0.1, 0.15) is 5.82 Å². The summed E-state index contributed by atoms with van der Waals surface area (Å²) in [5.74, 6) is 1.03. The fourth-order valence-electron chi connectivity index (χ4n) is 1.76. The summed E-state index contributed by atoms with van der Waals surface area (Å²) in [5.41, 5.74) is 7.59. The van der Waals surface area contributed by atoms with Crippen molar-refractivity contribution in [2.45, 2.75) is 18.9 Å². The number of rotatable bonds is 3. The minimum atomic E-state index is 0.446. The molecule has 0 spiro atoms. The topological polar surface area (TPSA) is 63.8 Å². The first-order valence-corrected chi connectivity index (χ1v) is 6.26. The van der Waals surface area contributed by atoms with Crippen molar-refractivity contribution < 1.29 is 0 Å². The van der Waals surface area contributed by atoms with Gasteiger partial charge in [-0.25, -0.2) is 4.98 Å². The molecule has 0 radical (unpaired) electrons. The molecule has 1 aromatic heterocycles. The quantitative estimate of drug-likeness (QED) is 0.891. The molecule has 1 aliphatic rings. The van der Waals surface area contributed by atoms with E-state index in [4.69, 9.17) is 17.3 Å². The summed E-state index contributed by atoms with van der Waals surface area (Å²) in [7, 11) is 0. The van der Waals surface area contributed by atoms with Crippen LogP contribution in [0.5, 0.6) is 0 Å². The van der Waals surface area contributed by atoms with Gasteiger partial charge < -0.3 is 11.1 Å². The third-order valence-corrected chi connectivity index (χ3v) is 3.22.